The number of amides is 1. The second-order valence-corrected chi connectivity index (χ2v) is 21.9. The fraction of sp³-hybridized carbons (Fsp3) is 0.767. The van der Waals surface area contributed by atoms with Crippen LogP contribution in [0.3, 0.4) is 0 Å². The van der Waals surface area contributed by atoms with Gasteiger partial charge in [0.15, 0.2) is 0 Å². The lowest BCUT2D eigenvalue weighted by Crippen LogP contribution is -2.47. The summed E-state index contributed by atoms with van der Waals surface area (Å²) in [6.07, 6.45) is 63.2. The van der Waals surface area contributed by atoms with Gasteiger partial charge in [0, 0.05) is 12.8 Å². The highest BCUT2D eigenvalue weighted by Gasteiger charge is 2.30. The van der Waals surface area contributed by atoms with Crippen LogP contribution >= 0.6 is 7.82 Å². The van der Waals surface area contributed by atoms with Crippen LogP contribution in [0.1, 0.15) is 245 Å². The number of hydrogen-bond acceptors (Lipinski definition) is 6. The Morgan fingerprint density at radius 2 is 0.886 bits per heavy atom. The number of esters is 1. The molecule has 0 rings (SSSR count). The molecule has 0 aromatic rings. The van der Waals surface area contributed by atoms with E-state index in [1.165, 1.54) is 89.9 Å². The highest BCUT2D eigenvalue weighted by molar-refractivity contribution is 7.47. The number of hydrogen-bond donors (Lipinski definition) is 2. The zero-order valence-corrected chi connectivity index (χ0v) is 47.1. The van der Waals surface area contributed by atoms with Crippen LogP contribution in [0.2, 0.25) is 0 Å². The molecule has 0 aromatic carbocycles. The van der Waals surface area contributed by atoms with Crippen LogP contribution in [0.4, 0.5) is 0 Å². The van der Waals surface area contributed by atoms with Crippen LogP contribution in [0.25, 0.3) is 0 Å². The summed E-state index contributed by atoms with van der Waals surface area (Å²) in [6.45, 7) is 6.91. The highest BCUT2D eigenvalue weighted by Crippen LogP contribution is 2.43. The van der Waals surface area contributed by atoms with Gasteiger partial charge < -0.3 is 19.4 Å². The third kappa shape index (κ3) is 50.4. The van der Waals surface area contributed by atoms with Crippen molar-refractivity contribution in [1.29, 1.82) is 0 Å². The first-order chi connectivity index (χ1) is 33.9. The van der Waals surface area contributed by atoms with Gasteiger partial charge in [-0.15, -0.1) is 0 Å². The van der Waals surface area contributed by atoms with Gasteiger partial charge in [-0.1, -0.05) is 210 Å². The monoisotopic (exact) mass is 1000 g/mol. The molecule has 0 aliphatic heterocycles. The maximum absolute atomic E-state index is 13.5. The topological polar surface area (TPSA) is 111 Å². The van der Waals surface area contributed by atoms with E-state index in [4.69, 9.17) is 13.8 Å². The van der Waals surface area contributed by atoms with Crippen molar-refractivity contribution in [2.75, 3.05) is 40.9 Å². The lowest BCUT2D eigenvalue weighted by molar-refractivity contribution is -0.870. The Labute approximate surface area is 432 Å². The summed E-state index contributed by atoms with van der Waals surface area (Å²) in [5, 5.41) is 3.03. The minimum atomic E-state index is -4.45. The summed E-state index contributed by atoms with van der Waals surface area (Å²) < 4.78 is 30.6. The van der Waals surface area contributed by atoms with Crippen molar-refractivity contribution in [2.24, 2.45) is 0 Å². The van der Waals surface area contributed by atoms with Crippen LogP contribution in [0, 0.1) is 0 Å². The molecule has 0 spiro atoms. The summed E-state index contributed by atoms with van der Waals surface area (Å²) in [5.41, 5.74) is 0. The third-order valence-electron chi connectivity index (χ3n) is 12.4. The zero-order valence-electron chi connectivity index (χ0n) is 46.2. The molecule has 70 heavy (non-hydrogen) atoms. The number of allylic oxidation sites excluding steroid dienone is 11. The SMILES string of the molecule is CCCC/C=C\CCCCCCCC(=O)OC(/C=C\CCCCCCCCCCCC)C(COP(=O)(O)OCC[N+](C)(C)C)NC(=O)CCCCCCC/C=C\C/C=C\C/C=C\C/C=C\CCCCC. The molecule has 3 unspecified atom stereocenters. The molecule has 9 nitrogen and oxygen atoms in total. The van der Waals surface area contributed by atoms with E-state index < -0.39 is 20.0 Å². The zero-order chi connectivity index (χ0) is 51.5. The number of quaternary nitrogens is 1. The molecule has 0 fully saturated rings. The summed E-state index contributed by atoms with van der Waals surface area (Å²) in [6, 6.07) is -0.862. The van der Waals surface area contributed by atoms with Gasteiger partial charge in [-0.3, -0.25) is 18.6 Å². The Hall–Kier alpha value is -2.55. The molecule has 0 aliphatic rings. The molecular weight excluding hydrogens is 892 g/mol. The van der Waals surface area contributed by atoms with Crippen molar-refractivity contribution in [3.8, 4) is 0 Å². The Morgan fingerprint density at radius 1 is 0.500 bits per heavy atom. The first kappa shape index (κ1) is 67.5. The van der Waals surface area contributed by atoms with Gasteiger partial charge in [0.05, 0.1) is 33.8 Å². The highest BCUT2D eigenvalue weighted by atomic mass is 31.2. The number of carbonyl (C=O) groups is 2. The molecule has 0 saturated carbocycles. The lowest BCUT2D eigenvalue weighted by atomic mass is 10.0. The normalized spacial score (nSPS) is 14.3. The van der Waals surface area contributed by atoms with E-state index in [-0.39, 0.29) is 31.5 Å². The Morgan fingerprint density at radius 3 is 1.39 bits per heavy atom. The molecule has 2 N–H and O–H groups in total. The van der Waals surface area contributed by atoms with E-state index in [1.54, 1.807) is 0 Å². The Balaban J connectivity index is 5.32. The molecule has 3 atom stereocenters. The average Bonchev–Trinajstić information content (AvgIpc) is 3.32. The van der Waals surface area contributed by atoms with E-state index in [1.807, 2.05) is 33.3 Å². The maximum Gasteiger partial charge on any atom is 0.472 e. The Bertz CT molecular complexity index is 1430. The molecule has 10 heteroatoms. The number of rotatable bonds is 51. The van der Waals surface area contributed by atoms with Crippen LogP contribution in [-0.2, 0) is 27.9 Å². The van der Waals surface area contributed by atoms with Gasteiger partial charge in [0.2, 0.25) is 5.91 Å². The van der Waals surface area contributed by atoms with Gasteiger partial charge >= 0.3 is 13.8 Å². The van der Waals surface area contributed by atoms with Gasteiger partial charge in [-0.05, 0) is 96.0 Å². The molecule has 0 aromatic heterocycles. The lowest BCUT2D eigenvalue weighted by Gasteiger charge is -2.27. The second kappa shape index (κ2) is 50.0. The number of ether oxygens (including phenoxy) is 1. The predicted molar refractivity (Wildman–Crippen MR) is 300 cm³/mol. The number of phosphoric ester groups is 1. The predicted octanol–water partition coefficient (Wildman–Crippen LogP) is 17.3. The first-order valence-corrected chi connectivity index (χ1v) is 30.3. The molecular formula is C60H110N2O7P+. The molecule has 406 valence electrons. The molecule has 0 heterocycles. The van der Waals surface area contributed by atoms with Gasteiger partial charge in [0.1, 0.15) is 19.3 Å². The second-order valence-electron chi connectivity index (χ2n) is 20.5. The number of likely N-dealkylation sites (N-methyl/N-ethyl adjacent to an activating group) is 1. The van der Waals surface area contributed by atoms with Crippen molar-refractivity contribution in [1.82, 2.24) is 5.32 Å². The molecule has 0 bridgehead atoms. The molecule has 0 saturated heterocycles. The van der Waals surface area contributed by atoms with Crippen LogP contribution in [0.15, 0.2) is 72.9 Å². The smallest absolute Gasteiger partial charge is 0.456 e. The summed E-state index contributed by atoms with van der Waals surface area (Å²) >= 11 is 0. The van der Waals surface area contributed by atoms with Crippen molar-refractivity contribution in [2.45, 2.75) is 258 Å². The van der Waals surface area contributed by atoms with E-state index in [0.717, 1.165) is 122 Å². The number of nitrogens with one attached hydrogen (secondary N) is 1. The average molecular weight is 1000 g/mol. The largest absolute Gasteiger partial charge is 0.472 e. The van der Waals surface area contributed by atoms with Crippen molar-refractivity contribution in [3.05, 3.63) is 72.9 Å². The van der Waals surface area contributed by atoms with Crippen molar-refractivity contribution in [3.63, 3.8) is 0 Å². The molecule has 0 radical (unpaired) electrons. The molecule has 1 amide bonds. The van der Waals surface area contributed by atoms with Crippen LogP contribution in [0.5, 0.6) is 0 Å². The van der Waals surface area contributed by atoms with Crippen molar-refractivity contribution < 1.29 is 37.3 Å². The summed E-state index contributed by atoms with van der Waals surface area (Å²) in [4.78, 5) is 37.5. The maximum atomic E-state index is 13.5. The van der Waals surface area contributed by atoms with E-state index in [0.29, 0.717) is 17.4 Å². The number of unbranched alkanes of at least 4 members (excludes halogenated alkanes) is 25. The van der Waals surface area contributed by atoms with E-state index >= 15 is 0 Å². The fourth-order valence-corrected chi connectivity index (χ4v) is 8.58. The van der Waals surface area contributed by atoms with Gasteiger partial charge in [0.25, 0.3) is 0 Å². The minimum Gasteiger partial charge on any atom is -0.456 e. The van der Waals surface area contributed by atoms with Crippen LogP contribution in [-0.4, -0.2) is 74.3 Å². The Kier molecular flexibility index (Phi) is 48.2. The van der Waals surface area contributed by atoms with Crippen LogP contribution < -0.4 is 5.32 Å². The van der Waals surface area contributed by atoms with E-state index in [9.17, 15) is 19.0 Å². The first-order valence-electron chi connectivity index (χ1n) is 28.8. The number of carbonyl (C=O) groups excluding carboxylic acids is 2. The quantitative estimate of drug-likeness (QED) is 0.0205. The minimum absolute atomic E-state index is 0.0324. The summed E-state index contributed by atoms with van der Waals surface area (Å²) in [7, 11) is 1.47. The van der Waals surface area contributed by atoms with Crippen molar-refractivity contribution >= 4 is 19.7 Å². The standard InChI is InChI=1S/C60H109N2O7P/c1-7-10-13-16-19-22-25-27-28-29-30-31-32-33-34-35-38-40-43-46-49-52-59(63)61-57(56-68-70(65,66)67-55-54-62(4,5)6)58(51-48-45-42-39-37-26-23-20-17-14-11-8-2)69-60(64)53-50-47-44-41-36-24-21-18-15-12-9-3/h18-19,21-22,27-28,30-31,33-34,48,51,57-58H,7-17,20,23-26,29,32,35-47,49-50,52-56H2,1-6H3,(H-,61,63,65,66)/p+1/b21-18-,22-19-,28-27-,31-30-,34-33-,51-48-. The molecule has 0 aliphatic carbocycles. The number of nitrogens with zero attached hydrogens (tertiary/aromatic N) is 1. The summed E-state index contributed by atoms with van der Waals surface area (Å²) in [5.74, 6) is -0.540. The fourth-order valence-electron chi connectivity index (χ4n) is 7.84. The number of phosphoric acid groups is 1. The van der Waals surface area contributed by atoms with E-state index in [2.05, 4.69) is 86.8 Å². The van der Waals surface area contributed by atoms with Gasteiger partial charge in [-0.25, -0.2) is 4.57 Å². The third-order valence-corrected chi connectivity index (χ3v) is 13.4. The van der Waals surface area contributed by atoms with Gasteiger partial charge in [-0.2, -0.15) is 0 Å².